The fourth-order valence-corrected chi connectivity index (χ4v) is 1.57. The van der Waals surface area contributed by atoms with Crippen molar-refractivity contribution in [3.8, 4) is 0 Å². The van der Waals surface area contributed by atoms with Gasteiger partial charge in [0, 0.05) is 19.9 Å². The molecule has 1 aromatic rings. The molecule has 0 fully saturated rings. The van der Waals surface area contributed by atoms with Gasteiger partial charge in [0.05, 0.1) is 24.8 Å². The number of pyridine rings is 1. The first-order chi connectivity index (χ1) is 8.63. The van der Waals surface area contributed by atoms with Gasteiger partial charge in [-0.05, 0) is 25.0 Å². The van der Waals surface area contributed by atoms with Gasteiger partial charge in [-0.1, -0.05) is 6.07 Å². The van der Waals surface area contributed by atoms with Crippen molar-refractivity contribution in [3.05, 3.63) is 29.6 Å². The molecule has 1 heterocycles. The number of rotatable bonds is 7. The molecule has 5 nitrogen and oxygen atoms in total. The smallest absolute Gasteiger partial charge is 0.226 e. The maximum atomic E-state index is 11.6. The van der Waals surface area contributed by atoms with Crippen LogP contribution in [0, 0.1) is 6.92 Å². The van der Waals surface area contributed by atoms with Crippen LogP contribution in [0.5, 0.6) is 0 Å². The van der Waals surface area contributed by atoms with E-state index in [4.69, 9.17) is 4.74 Å². The lowest BCUT2D eigenvalue weighted by atomic mass is 10.1. The van der Waals surface area contributed by atoms with Crippen LogP contribution >= 0.6 is 0 Å². The van der Waals surface area contributed by atoms with E-state index in [1.54, 1.807) is 6.20 Å². The molecule has 1 rings (SSSR count). The summed E-state index contributed by atoms with van der Waals surface area (Å²) in [5.41, 5.74) is 1.79. The predicted molar refractivity (Wildman–Crippen MR) is 68.2 cm³/mol. The van der Waals surface area contributed by atoms with Gasteiger partial charge in [-0.15, -0.1) is 0 Å². The van der Waals surface area contributed by atoms with Crippen LogP contribution in [0.15, 0.2) is 18.3 Å². The van der Waals surface area contributed by atoms with Gasteiger partial charge in [0.2, 0.25) is 5.91 Å². The molecule has 0 aliphatic carbocycles. The molecule has 0 spiro atoms. The summed E-state index contributed by atoms with van der Waals surface area (Å²) in [7, 11) is 1.53. The Hall–Kier alpha value is -1.46. The summed E-state index contributed by atoms with van der Waals surface area (Å²) in [5.74, 6) is -0.0820. The number of aliphatic hydroxyl groups is 1. The highest BCUT2D eigenvalue weighted by Crippen LogP contribution is 2.03. The van der Waals surface area contributed by atoms with Gasteiger partial charge in [-0.25, -0.2) is 0 Å². The van der Waals surface area contributed by atoms with E-state index in [1.807, 2.05) is 19.1 Å². The van der Waals surface area contributed by atoms with Gasteiger partial charge in [0.1, 0.15) is 0 Å². The summed E-state index contributed by atoms with van der Waals surface area (Å²) < 4.78 is 4.80. The second kappa shape index (κ2) is 7.79. The third kappa shape index (κ3) is 5.25. The molecule has 0 saturated carbocycles. The van der Waals surface area contributed by atoms with Gasteiger partial charge in [0.25, 0.3) is 0 Å². The topological polar surface area (TPSA) is 71.5 Å². The lowest BCUT2D eigenvalue weighted by Gasteiger charge is -2.10. The largest absolute Gasteiger partial charge is 0.391 e. The summed E-state index contributed by atoms with van der Waals surface area (Å²) in [6, 6.07) is 3.77. The minimum Gasteiger partial charge on any atom is -0.391 e. The van der Waals surface area contributed by atoms with Crippen LogP contribution in [0.4, 0.5) is 0 Å². The number of amides is 1. The van der Waals surface area contributed by atoms with Crippen molar-refractivity contribution in [1.82, 2.24) is 10.3 Å². The highest BCUT2D eigenvalue weighted by atomic mass is 16.5. The Kier molecular flexibility index (Phi) is 6.32. The standard InChI is InChI=1S/C13H20N2O3/c1-10-4-3-6-14-12(10)8-13(17)15-7-5-11(16)9-18-2/h3-4,6,11,16H,5,7-9H2,1-2H3,(H,15,17). The number of nitrogens with zero attached hydrogens (tertiary/aromatic N) is 1. The molecule has 1 atom stereocenters. The molecule has 0 aliphatic rings. The van der Waals surface area contributed by atoms with Crippen LogP contribution in [0.1, 0.15) is 17.7 Å². The number of aryl methyl sites for hydroxylation is 1. The van der Waals surface area contributed by atoms with Crippen molar-refractivity contribution in [2.75, 3.05) is 20.3 Å². The number of nitrogens with one attached hydrogen (secondary N) is 1. The van der Waals surface area contributed by atoms with Gasteiger partial charge in [-0.2, -0.15) is 0 Å². The zero-order valence-electron chi connectivity index (χ0n) is 10.8. The summed E-state index contributed by atoms with van der Waals surface area (Å²) in [6.07, 6.45) is 1.90. The van der Waals surface area contributed by atoms with E-state index in [0.29, 0.717) is 13.0 Å². The zero-order chi connectivity index (χ0) is 13.4. The van der Waals surface area contributed by atoms with E-state index in [1.165, 1.54) is 7.11 Å². The average molecular weight is 252 g/mol. The predicted octanol–water partition coefficient (Wildman–Crippen LogP) is 0.446. The summed E-state index contributed by atoms with van der Waals surface area (Å²) in [6.45, 7) is 2.66. The van der Waals surface area contributed by atoms with Crippen LogP contribution < -0.4 is 5.32 Å². The fraction of sp³-hybridized carbons (Fsp3) is 0.538. The SMILES string of the molecule is COCC(O)CCNC(=O)Cc1ncccc1C. The van der Waals surface area contributed by atoms with Crippen LogP contribution in [-0.4, -0.2) is 42.4 Å². The highest BCUT2D eigenvalue weighted by Gasteiger charge is 2.08. The molecule has 1 amide bonds. The molecule has 0 bridgehead atoms. The quantitative estimate of drug-likeness (QED) is 0.739. The minimum absolute atomic E-state index is 0.0820. The maximum Gasteiger partial charge on any atom is 0.226 e. The van der Waals surface area contributed by atoms with E-state index < -0.39 is 6.10 Å². The number of aliphatic hydroxyl groups excluding tert-OH is 1. The number of hydrogen-bond acceptors (Lipinski definition) is 4. The number of hydrogen-bond donors (Lipinski definition) is 2. The van der Waals surface area contributed by atoms with Crippen LogP contribution in [0.2, 0.25) is 0 Å². The third-order valence-electron chi connectivity index (χ3n) is 2.60. The van der Waals surface area contributed by atoms with Gasteiger partial charge >= 0.3 is 0 Å². The zero-order valence-corrected chi connectivity index (χ0v) is 10.8. The lowest BCUT2D eigenvalue weighted by molar-refractivity contribution is -0.120. The second-order valence-electron chi connectivity index (χ2n) is 4.19. The Bertz CT molecular complexity index is 382. The highest BCUT2D eigenvalue weighted by molar-refractivity contribution is 5.78. The first-order valence-corrected chi connectivity index (χ1v) is 5.97. The molecule has 0 saturated heterocycles. The van der Waals surface area contributed by atoms with E-state index >= 15 is 0 Å². The van der Waals surface area contributed by atoms with Crippen LogP contribution in [-0.2, 0) is 16.0 Å². The van der Waals surface area contributed by atoms with E-state index in [-0.39, 0.29) is 18.9 Å². The number of carbonyl (C=O) groups is 1. The first kappa shape index (κ1) is 14.6. The molecular weight excluding hydrogens is 232 g/mol. The van der Waals surface area contributed by atoms with Gasteiger partial charge < -0.3 is 15.2 Å². The van der Waals surface area contributed by atoms with Crippen molar-refractivity contribution in [2.24, 2.45) is 0 Å². The minimum atomic E-state index is -0.535. The summed E-state index contributed by atoms with van der Waals surface area (Å²) >= 11 is 0. The Labute approximate surface area is 107 Å². The second-order valence-corrected chi connectivity index (χ2v) is 4.19. The molecule has 1 aromatic heterocycles. The van der Waals surface area contributed by atoms with Crippen molar-refractivity contribution < 1.29 is 14.6 Å². The monoisotopic (exact) mass is 252 g/mol. The number of aromatic nitrogens is 1. The van der Waals surface area contributed by atoms with E-state index in [2.05, 4.69) is 10.3 Å². The third-order valence-corrected chi connectivity index (χ3v) is 2.60. The maximum absolute atomic E-state index is 11.6. The summed E-state index contributed by atoms with van der Waals surface area (Å²) in [4.78, 5) is 15.8. The molecule has 18 heavy (non-hydrogen) atoms. The van der Waals surface area contributed by atoms with Crippen LogP contribution in [0.25, 0.3) is 0 Å². The van der Waals surface area contributed by atoms with Crippen molar-refractivity contribution in [2.45, 2.75) is 25.9 Å². The first-order valence-electron chi connectivity index (χ1n) is 5.97. The molecule has 2 N–H and O–H groups in total. The molecule has 0 aliphatic heterocycles. The van der Waals surface area contributed by atoms with Crippen molar-refractivity contribution >= 4 is 5.91 Å². The Balaban J connectivity index is 2.28. The van der Waals surface area contributed by atoms with E-state index in [9.17, 15) is 9.90 Å². The Morgan fingerprint density at radius 2 is 2.39 bits per heavy atom. The molecular formula is C13H20N2O3. The number of carbonyl (C=O) groups excluding carboxylic acids is 1. The normalized spacial score (nSPS) is 12.2. The fourth-order valence-electron chi connectivity index (χ4n) is 1.57. The van der Waals surface area contributed by atoms with Crippen LogP contribution in [0.3, 0.4) is 0 Å². The molecule has 100 valence electrons. The Morgan fingerprint density at radius 1 is 1.61 bits per heavy atom. The molecule has 1 unspecified atom stereocenters. The van der Waals surface area contributed by atoms with Gasteiger partial charge in [-0.3, -0.25) is 9.78 Å². The number of methoxy groups -OCH3 is 1. The summed E-state index contributed by atoms with van der Waals surface area (Å²) in [5, 5.41) is 12.2. The average Bonchev–Trinajstić information content (AvgIpc) is 2.32. The number of ether oxygens (including phenoxy) is 1. The lowest BCUT2D eigenvalue weighted by Crippen LogP contribution is -2.30. The van der Waals surface area contributed by atoms with Gasteiger partial charge in [0.15, 0.2) is 0 Å². The molecule has 0 aromatic carbocycles. The molecule has 5 heteroatoms. The molecule has 0 radical (unpaired) electrons. The Morgan fingerprint density at radius 3 is 3.06 bits per heavy atom. The van der Waals surface area contributed by atoms with Crippen molar-refractivity contribution in [3.63, 3.8) is 0 Å². The van der Waals surface area contributed by atoms with E-state index in [0.717, 1.165) is 11.3 Å². The van der Waals surface area contributed by atoms with Crippen molar-refractivity contribution in [1.29, 1.82) is 0 Å².